The van der Waals surface area contributed by atoms with E-state index in [-0.39, 0.29) is 0 Å². The van der Waals surface area contributed by atoms with Crippen molar-refractivity contribution in [2.75, 3.05) is 22.9 Å². The van der Waals surface area contributed by atoms with Gasteiger partial charge in [-0.05, 0) is 49.1 Å². The van der Waals surface area contributed by atoms with Gasteiger partial charge < -0.3 is 9.80 Å². The Balaban J connectivity index is 1.57. The zero-order valence-corrected chi connectivity index (χ0v) is 24.1. The van der Waals surface area contributed by atoms with Crippen molar-refractivity contribution in [3.8, 4) is 0 Å². The van der Waals surface area contributed by atoms with Crippen molar-refractivity contribution in [3.63, 3.8) is 0 Å². The van der Waals surface area contributed by atoms with Gasteiger partial charge in [0.15, 0.2) is 6.54 Å². The molecule has 3 nitrogen and oxygen atoms in total. The number of unbranched alkanes of at least 4 members (excludes halogenated alkanes) is 2. The number of nitrogens with zero attached hydrogens (tertiary/aromatic N) is 3. The standard InChI is InChI=1S/C31H34Cl2N3S/c1-4-7-18-35-27-21-25(33)24(32)20-26(27)34(6-3)29(35)14-11-15-30-36(19-8-5-2)31-23-13-10-9-12-22(23)16-17-28(31)37-30/h9-17,20-21H,4-8,18-19H2,1-3H3/q+1. The third-order valence-corrected chi connectivity index (χ3v) is 8.87. The Kier molecular flexibility index (Phi) is 8.09. The molecule has 3 aromatic carbocycles. The number of aryl methyl sites for hydroxylation is 1. The highest BCUT2D eigenvalue weighted by molar-refractivity contribution is 7.19. The second kappa shape index (κ2) is 11.5. The van der Waals surface area contributed by atoms with Crippen molar-refractivity contribution in [3.05, 3.63) is 81.6 Å². The van der Waals surface area contributed by atoms with Gasteiger partial charge in [-0.1, -0.05) is 91.6 Å². The molecule has 0 bridgehead atoms. The summed E-state index contributed by atoms with van der Waals surface area (Å²) < 4.78 is 3.84. The average molecular weight is 552 g/mol. The number of anilines is 2. The highest BCUT2D eigenvalue weighted by atomic mass is 35.5. The summed E-state index contributed by atoms with van der Waals surface area (Å²) in [5, 5.41) is 5.10. The molecule has 5 rings (SSSR count). The summed E-state index contributed by atoms with van der Waals surface area (Å²) in [6, 6.07) is 17.2. The van der Waals surface area contributed by atoms with Crippen LogP contribution < -0.4 is 14.4 Å². The lowest BCUT2D eigenvalue weighted by Gasteiger charge is -2.24. The highest BCUT2D eigenvalue weighted by Gasteiger charge is 2.31. The van der Waals surface area contributed by atoms with Crippen molar-refractivity contribution in [1.29, 1.82) is 0 Å². The number of fused-ring (bicyclic) bond motifs is 4. The molecule has 0 unspecified atom stereocenters. The molecular formula is C31H34Cl2N3S+. The molecule has 1 aliphatic rings. The fourth-order valence-electron chi connectivity index (χ4n) is 5.17. The second-order valence-corrected chi connectivity index (χ2v) is 11.3. The number of hydrogen-bond donors (Lipinski definition) is 0. The maximum absolute atomic E-state index is 6.44. The summed E-state index contributed by atoms with van der Waals surface area (Å²) in [4.78, 5) is 4.72. The van der Waals surface area contributed by atoms with E-state index in [1.807, 2.05) is 23.5 Å². The summed E-state index contributed by atoms with van der Waals surface area (Å²) in [5.41, 5.74) is 3.61. The molecule has 37 heavy (non-hydrogen) atoms. The SMILES string of the molecule is CCCCN1/C(=C/C=C/c2sc3ccc4ccccc4c3[n+]2CCCC)N(CC)c2cc(Cl)c(Cl)cc21. The molecule has 0 N–H and O–H groups in total. The highest BCUT2D eigenvalue weighted by Crippen LogP contribution is 2.45. The van der Waals surface area contributed by atoms with Crippen molar-refractivity contribution < 1.29 is 4.57 Å². The first-order chi connectivity index (χ1) is 18.1. The maximum atomic E-state index is 6.44. The van der Waals surface area contributed by atoms with E-state index in [0.717, 1.165) is 50.3 Å². The first-order valence-corrected chi connectivity index (χ1v) is 14.9. The molecule has 2 heterocycles. The lowest BCUT2D eigenvalue weighted by Crippen LogP contribution is -2.35. The molecule has 0 saturated heterocycles. The van der Waals surface area contributed by atoms with E-state index in [1.54, 1.807) is 0 Å². The summed E-state index contributed by atoms with van der Waals surface area (Å²) in [5.74, 6) is 1.17. The molecule has 0 fully saturated rings. The van der Waals surface area contributed by atoms with E-state index >= 15 is 0 Å². The summed E-state index contributed by atoms with van der Waals surface area (Å²) >= 11 is 14.7. The van der Waals surface area contributed by atoms with Gasteiger partial charge in [0.05, 0.1) is 26.8 Å². The lowest BCUT2D eigenvalue weighted by molar-refractivity contribution is -0.668. The average Bonchev–Trinajstić information content (AvgIpc) is 3.40. The number of halogens is 2. The number of allylic oxidation sites excluding steroid dienone is 2. The van der Waals surface area contributed by atoms with Gasteiger partial charge in [-0.25, -0.2) is 0 Å². The fourth-order valence-corrected chi connectivity index (χ4v) is 6.60. The third kappa shape index (κ3) is 4.99. The Morgan fingerprint density at radius 1 is 0.892 bits per heavy atom. The molecular weight excluding hydrogens is 517 g/mol. The van der Waals surface area contributed by atoms with Gasteiger partial charge in [0.25, 0.3) is 5.01 Å². The molecule has 6 heteroatoms. The first kappa shape index (κ1) is 26.1. The van der Waals surface area contributed by atoms with Gasteiger partial charge >= 0.3 is 0 Å². The predicted molar refractivity (Wildman–Crippen MR) is 163 cm³/mol. The Bertz CT molecular complexity index is 1490. The van der Waals surface area contributed by atoms with Crippen LogP contribution in [-0.4, -0.2) is 13.1 Å². The fraction of sp³-hybridized carbons (Fsp3) is 0.323. The number of thiazole rings is 1. The number of benzene rings is 3. The smallest absolute Gasteiger partial charge is 0.262 e. The molecule has 0 amide bonds. The van der Waals surface area contributed by atoms with Crippen LogP contribution in [0.4, 0.5) is 11.4 Å². The molecule has 192 valence electrons. The van der Waals surface area contributed by atoms with Crippen LogP contribution in [0.5, 0.6) is 0 Å². The summed E-state index contributed by atoms with van der Waals surface area (Å²) in [7, 11) is 0. The molecule has 0 atom stereocenters. The lowest BCUT2D eigenvalue weighted by atomic mass is 10.1. The minimum absolute atomic E-state index is 0.598. The number of hydrogen-bond acceptors (Lipinski definition) is 3. The Hall–Kier alpha value is -2.53. The normalized spacial score (nSPS) is 14.7. The Morgan fingerprint density at radius 2 is 1.62 bits per heavy atom. The van der Waals surface area contributed by atoms with E-state index in [9.17, 15) is 0 Å². The second-order valence-electron chi connectivity index (χ2n) is 9.47. The van der Waals surface area contributed by atoms with Crippen LogP contribution >= 0.6 is 34.5 Å². The van der Waals surface area contributed by atoms with Crippen LogP contribution in [-0.2, 0) is 6.54 Å². The molecule has 4 aromatic rings. The minimum Gasteiger partial charge on any atom is -0.326 e. The third-order valence-electron chi connectivity index (χ3n) is 7.04. The molecule has 1 aliphatic heterocycles. The van der Waals surface area contributed by atoms with Crippen molar-refractivity contribution in [2.24, 2.45) is 0 Å². The zero-order chi connectivity index (χ0) is 25.9. The first-order valence-electron chi connectivity index (χ1n) is 13.3. The van der Waals surface area contributed by atoms with Gasteiger partial charge in [-0.15, -0.1) is 0 Å². The van der Waals surface area contributed by atoms with Crippen LogP contribution in [0.25, 0.3) is 27.1 Å². The van der Waals surface area contributed by atoms with E-state index in [2.05, 4.69) is 89.8 Å². The van der Waals surface area contributed by atoms with E-state index in [1.165, 1.54) is 38.2 Å². The van der Waals surface area contributed by atoms with Crippen molar-refractivity contribution in [1.82, 2.24) is 0 Å². The molecule has 0 spiro atoms. The molecule has 0 radical (unpaired) electrons. The Labute approximate surface area is 234 Å². The van der Waals surface area contributed by atoms with E-state index in [4.69, 9.17) is 23.2 Å². The van der Waals surface area contributed by atoms with Crippen molar-refractivity contribution >= 4 is 73.0 Å². The molecule has 0 aliphatic carbocycles. The summed E-state index contributed by atoms with van der Waals surface area (Å²) in [6.07, 6.45) is 11.3. The predicted octanol–water partition coefficient (Wildman–Crippen LogP) is 9.45. The number of rotatable bonds is 9. The topological polar surface area (TPSA) is 10.4 Å². The maximum Gasteiger partial charge on any atom is 0.262 e. The quantitative estimate of drug-likeness (QED) is 0.192. The van der Waals surface area contributed by atoms with Gasteiger partial charge in [0.1, 0.15) is 10.5 Å². The van der Waals surface area contributed by atoms with Crippen LogP contribution in [0.15, 0.2) is 66.5 Å². The van der Waals surface area contributed by atoms with E-state index in [0.29, 0.717) is 10.0 Å². The monoisotopic (exact) mass is 550 g/mol. The van der Waals surface area contributed by atoms with E-state index < -0.39 is 0 Å². The number of aromatic nitrogens is 1. The van der Waals surface area contributed by atoms with Crippen molar-refractivity contribution in [2.45, 2.75) is 53.0 Å². The Morgan fingerprint density at radius 3 is 2.35 bits per heavy atom. The zero-order valence-electron chi connectivity index (χ0n) is 21.8. The molecule has 1 aromatic heterocycles. The minimum atomic E-state index is 0.598. The van der Waals surface area contributed by atoms with Crippen LogP contribution in [0.1, 0.15) is 51.5 Å². The van der Waals surface area contributed by atoms with Gasteiger partial charge in [0.2, 0.25) is 5.52 Å². The van der Waals surface area contributed by atoms with Gasteiger partial charge in [0, 0.05) is 25.6 Å². The van der Waals surface area contributed by atoms with Gasteiger partial charge in [-0.3, -0.25) is 0 Å². The van der Waals surface area contributed by atoms with Crippen LogP contribution in [0.3, 0.4) is 0 Å². The van der Waals surface area contributed by atoms with Crippen LogP contribution in [0.2, 0.25) is 10.0 Å². The van der Waals surface area contributed by atoms with Gasteiger partial charge in [-0.2, -0.15) is 4.57 Å². The summed E-state index contributed by atoms with van der Waals surface area (Å²) in [6.45, 7) is 9.50. The van der Waals surface area contributed by atoms with Crippen LogP contribution in [0, 0.1) is 0 Å². The largest absolute Gasteiger partial charge is 0.326 e. The molecule has 0 saturated carbocycles.